The Balaban J connectivity index is 3.10. The molecule has 0 aliphatic rings. The van der Waals surface area contributed by atoms with E-state index >= 15 is 0 Å². The van der Waals surface area contributed by atoms with Crippen LogP contribution in [0, 0.1) is 0 Å². The Hall–Kier alpha value is -1.51. The van der Waals surface area contributed by atoms with Gasteiger partial charge >= 0.3 is 0 Å². The Bertz CT molecular complexity index is 294. The quantitative estimate of drug-likeness (QED) is 0.400. The number of aromatic hydroxyl groups is 1. The molecule has 1 aromatic carbocycles. The highest BCUT2D eigenvalue weighted by Crippen LogP contribution is 2.17. The molecular formula is C9H11NO2. The summed E-state index contributed by atoms with van der Waals surface area (Å²) in [6, 6.07) is 6.80. The van der Waals surface area contributed by atoms with Crippen LogP contribution in [0.4, 0.5) is 0 Å². The molecule has 1 rings (SSSR count). The van der Waals surface area contributed by atoms with E-state index in [0.29, 0.717) is 17.7 Å². The zero-order valence-electron chi connectivity index (χ0n) is 6.86. The van der Waals surface area contributed by atoms with Crippen LogP contribution in [0.25, 0.3) is 0 Å². The largest absolute Gasteiger partial charge is 0.507 e. The highest BCUT2D eigenvalue weighted by Gasteiger charge is 2.05. The fraction of sp³-hybridized carbons (Fsp3) is 0.222. The van der Waals surface area contributed by atoms with Gasteiger partial charge in [0, 0.05) is 5.56 Å². The minimum Gasteiger partial charge on any atom is -0.507 e. The molecule has 1 aromatic rings. The predicted molar refractivity (Wildman–Crippen MR) is 46.7 cm³/mol. The molecule has 0 bridgehead atoms. The number of nitrogens with zero attached hydrogens (tertiary/aromatic N) is 1. The van der Waals surface area contributed by atoms with Crippen molar-refractivity contribution in [2.75, 3.05) is 0 Å². The van der Waals surface area contributed by atoms with E-state index in [1.165, 1.54) is 0 Å². The third kappa shape index (κ3) is 1.56. The van der Waals surface area contributed by atoms with E-state index < -0.39 is 0 Å². The molecule has 0 unspecified atom stereocenters. The second kappa shape index (κ2) is 3.76. The number of hydrogen-bond acceptors (Lipinski definition) is 3. The minimum atomic E-state index is 0.146. The first kappa shape index (κ1) is 8.59. The van der Waals surface area contributed by atoms with Crippen molar-refractivity contribution in [1.29, 1.82) is 0 Å². The Kier molecular flexibility index (Phi) is 2.69. The lowest BCUT2D eigenvalue weighted by atomic mass is 10.1. The monoisotopic (exact) mass is 165 g/mol. The molecule has 12 heavy (non-hydrogen) atoms. The maximum absolute atomic E-state index is 9.35. The Labute approximate surface area is 71.0 Å². The first-order valence-corrected chi connectivity index (χ1v) is 3.79. The zero-order valence-corrected chi connectivity index (χ0v) is 6.86. The van der Waals surface area contributed by atoms with E-state index in [9.17, 15) is 5.11 Å². The van der Waals surface area contributed by atoms with Crippen LogP contribution in [0.2, 0.25) is 0 Å². The van der Waals surface area contributed by atoms with Crippen LogP contribution in [0.15, 0.2) is 29.4 Å². The molecule has 0 amide bonds. The lowest BCUT2D eigenvalue weighted by Gasteiger charge is -2.02. The van der Waals surface area contributed by atoms with Crippen molar-refractivity contribution in [2.45, 2.75) is 13.3 Å². The Morgan fingerprint density at radius 2 is 2.08 bits per heavy atom. The van der Waals surface area contributed by atoms with Crippen LogP contribution in [-0.2, 0) is 0 Å². The van der Waals surface area contributed by atoms with E-state index in [2.05, 4.69) is 5.16 Å². The summed E-state index contributed by atoms with van der Waals surface area (Å²) in [6.45, 7) is 1.86. The van der Waals surface area contributed by atoms with Crippen molar-refractivity contribution in [3.8, 4) is 5.75 Å². The zero-order chi connectivity index (χ0) is 8.97. The second-order valence-electron chi connectivity index (χ2n) is 2.42. The predicted octanol–water partition coefficient (Wildman–Crippen LogP) is 1.98. The van der Waals surface area contributed by atoms with E-state index in [1.807, 2.05) is 6.92 Å². The molecule has 0 aliphatic carbocycles. The molecule has 0 saturated carbocycles. The maximum Gasteiger partial charge on any atom is 0.124 e. The van der Waals surface area contributed by atoms with Crippen molar-refractivity contribution in [2.24, 2.45) is 5.16 Å². The number of benzene rings is 1. The lowest BCUT2D eigenvalue weighted by Crippen LogP contribution is -1.98. The van der Waals surface area contributed by atoms with Crippen LogP contribution in [0.3, 0.4) is 0 Å². The smallest absolute Gasteiger partial charge is 0.124 e. The Morgan fingerprint density at radius 3 is 2.58 bits per heavy atom. The molecule has 0 aliphatic heterocycles. The molecule has 0 fully saturated rings. The van der Waals surface area contributed by atoms with Gasteiger partial charge in [0.2, 0.25) is 0 Å². The third-order valence-corrected chi connectivity index (χ3v) is 1.67. The maximum atomic E-state index is 9.35. The SMILES string of the molecule is CCC(=NO)c1ccccc1O. The van der Waals surface area contributed by atoms with Gasteiger partial charge in [0.15, 0.2) is 0 Å². The first-order valence-electron chi connectivity index (χ1n) is 3.79. The molecular weight excluding hydrogens is 154 g/mol. The molecule has 0 spiro atoms. The van der Waals surface area contributed by atoms with Gasteiger partial charge in [0.05, 0.1) is 5.71 Å². The lowest BCUT2D eigenvalue weighted by molar-refractivity contribution is 0.318. The molecule has 64 valence electrons. The van der Waals surface area contributed by atoms with Gasteiger partial charge in [-0.3, -0.25) is 0 Å². The van der Waals surface area contributed by atoms with E-state index in [1.54, 1.807) is 24.3 Å². The van der Waals surface area contributed by atoms with Gasteiger partial charge in [-0.15, -0.1) is 0 Å². The van der Waals surface area contributed by atoms with Crippen molar-refractivity contribution >= 4 is 5.71 Å². The van der Waals surface area contributed by atoms with Crippen LogP contribution in [0.5, 0.6) is 5.75 Å². The van der Waals surface area contributed by atoms with Crippen LogP contribution >= 0.6 is 0 Å². The van der Waals surface area contributed by atoms with Gasteiger partial charge in [-0.05, 0) is 18.6 Å². The highest BCUT2D eigenvalue weighted by atomic mass is 16.4. The average molecular weight is 165 g/mol. The average Bonchev–Trinajstić information content (AvgIpc) is 2.10. The van der Waals surface area contributed by atoms with Crippen LogP contribution < -0.4 is 0 Å². The van der Waals surface area contributed by atoms with Crippen LogP contribution in [-0.4, -0.2) is 16.0 Å². The topological polar surface area (TPSA) is 52.8 Å². The van der Waals surface area contributed by atoms with Crippen molar-refractivity contribution in [1.82, 2.24) is 0 Å². The van der Waals surface area contributed by atoms with Gasteiger partial charge in [0.25, 0.3) is 0 Å². The minimum absolute atomic E-state index is 0.146. The van der Waals surface area contributed by atoms with Crippen molar-refractivity contribution < 1.29 is 10.3 Å². The molecule has 0 aromatic heterocycles. The number of oxime groups is 1. The van der Waals surface area contributed by atoms with Gasteiger partial charge in [-0.2, -0.15) is 0 Å². The standard InChI is InChI=1S/C9H11NO2/c1-2-8(10-12)7-5-3-4-6-9(7)11/h3-6,11-12H,2H2,1H3. The summed E-state index contributed by atoms with van der Waals surface area (Å²) in [7, 11) is 0. The van der Waals surface area contributed by atoms with Gasteiger partial charge < -0.3 is 10.3 Å². The van der Waals surface area contributed by atoms with E-state index in [-0.39, 0.29) is 5.75 Å². The molecule has 2 N–H and O–H groups in total. The molecule has 0 atom stereocenters. The van der Waals surface area contributed by atoms with Gasteiger partial charge in [-0.1, -0.05) is 24.2 Å². The van der Waals surface area contributed by atoms with Crippen molar-refractivity contribution in [3.63, 3.8) is 0 Å². The second-order valence-corrected chi connectivity index (χ2v) is 2.42. The number of hydrogen-bond donors (Lipinski definition) is 2. The fourth-order valence-corrected chi connectivity index (χ4v) is 1.03. The normalized spacial score (nSPS) is 11.6. The molecule has 0 radical (unpaired) electrons. The van der Waals surface area contributed by atoms with E-state index in [0.717, 1.165) is 0 Å². The summed E-state index contributed by atoms with van der Waals surface area (Å²) >= 11 is 0. The number of rotatable bonds is 2. The molecule has 3 heteroatoms. The van der Waals surface area contributed by atoms with Gasteiger partial charge in [-0.25, -0.2) is 0 Å². The summed E-state index contributed by atoms with van der Waals surface area (Å²) in [4.78, 5) is 0. The molecule has 0 heterocycles. The number of phenols is 1. The summed E-state index contributed by atoms with van der Waals surface area (Å²) in [5, 5.41) is 21.0. The number of para-hydroxylation sites is 1. The van der Waals surface area contributed by atoms with Crippen molar-refractivity contribution in [3.05, 3.63) is 29.8 Å². The van der Waals surface area contributed by atoms with Crippen LogP contribution in [0.1, 0.15) is 18.9 Å². The summed E-state index contributed by atoms with van der Waals surface area (Å²) in [6.07, 6.45) is 0.591. The Morgan fingerprint density at radius 1 is 1.42 bits per heavy atom. The number of phenolic OH excluding ortho intramolecular Hbond substituents is 1. The summed E-state index contributed by atoms with van der Waals surface area (Å²) < 4.78 is 0. The first-order chi connectivity index (χ1) is 5.79. The highest BCUT2D eigenvalue weighted by molar-refractivity contribution is 6.02. The summed E-state index contributed by atoms with van der Waals surface area (Å²) in [5.41, 5.74) is 1.08. The molecule has 0 saturated heterocycles. The van der Waals surface area contributed by atoms with Gasteiger partial charge in [0.1, 0.15) is 5.75 Å². The third-order valence-electron chi connectivity index (χ3n) is 1.67. The molecule has 3 nitrogen and oxygen atoms in total. The fourth-order valence-electron chi connectivity index (χ4n) is 1.03. The van der Waals surface area contributed by atoms with E-state index in [4.69, 9.17) is 5.21 Å². The summed E-state index contributed by atoms with van der Waals surface area (Å²) in [5.74, 6) is 0.146.